The first-order chi connectivity index (χ1) is 7.77. The molecule has 0 amide bonds. The topological polar surface area (TPSA) is 26.0 Å². The molecule has 17 heavy (non-hydrogen) atoms. The molecule has 0 bridgehead atoms. The average molecular weight is 245 g/mol. The number of halogens is 3. The Kier molecular flexibility index (Phi) is 4.20. The monoisotopic (exact) mass is 245 g/mol. The third-order valence-electron chi connectivity index (χ3n) is 2.87. The minimum Gasteiger partial charge on any atom is -0.330 e. The fourth-order valence-corrected chi connectivity index (χ4v) is 1.72. The van der Waals surface area contributed by atoms with Gasteiger partial charge in [-0.2, -0.15) is 0 Å². The van der Waals surface area contributed by atoms with E-state index in [1.165, 1.54) is 19.9 Å². The summed E-state index contributed by atoms with van der Waals surface area (Å²) in [7, 11) is 0. The SMILES string of the molecule is CC(CCN)c1cc(C(C)(C)F)cc(F)c1F. The van der Waals surface area contributed by atoms with Gasteiger partial charge in [-0.1, -0.05) is 6.92 Å². The van der Waals surface area contributed by atoms with Crippen molar-refractivity contribution in [2.45, 2.75) is 38.8 Å². The predicted octanol–water partition coefficient (Wildman–Crippen LogP) is 3.62. The summed E-state index contributed by atoms with van der Waals surface area (Å²) in [6.07, 6.45) is 0.534. The van der Waals surface area contributed by atoms with Crippen molar-refractivity contribution >= 4 is 0 Å². The normalized spacial score (nSPS) is 13.8. The number of alkyl halides is 1. The average Bonchev–Trinajstić information content (AvgIpc) is 2.20. The molecular weight excluding hydrogens is 227 g/mol. The Morgan fingerprint density at radius 3 is 2.35 bits per heavy atom. The number of hydrogen-bond donors (Lipinski definition) is 1. The van der Waals surface area contributed by atoms with Crippen LogP contribution in [0, 0.1) is 11.6 Å². The van der Waals surface area contributed by atoms with Crippen molar-refractivity contribution < 1.29 is 13.2 Å². The number of nitrogens with two attached hydrogens (primary N) is 1. The maximum absolute atomic E-state index is 13.7. The third-order valence-corrected chi connectivity index (χ3v) is 2.87. The molecule has 0 aliphatic rings. The van der Waals surface area contributed by atoms with Crippen LogP contribution in [0.25, 0.3) is 0 Å². The highest BCUT2D eigenvalue weighted by molar-refractivity contribution is 5.32. The first-order valence-corrected chi connectivity index (χ1v) is 5.65. The molecule has 0 aliphatic heterocycles. The molecule has 0 aliphatic carbocycles. The second kappa shape index (κ2) is 5.08. The van der Waals surface area contributed by atoms with E-state index in [0.29, 0.717) is 13.0 Å². The standard InChI is InChI=1S/C13H18F3N/c1-8(4-5-17)10-6-9(13(2,3)16)7-11(14)12(10)15/h6-8H,4-5,17H2,1-3H3. The lowest BCUT2D eigenvalue weighted by atomic mass is 9.91. The fourth-order valence-electron chi connectivity index (χ4n) is 1.72. The fraction of sp³-hybridized carbons (Fsp3) is 0.538. The molecule has 1 rings (SSSR count). The van der Waals surface area contributed by atoms with Gasteiger partial charge in [0.1, 0.15) is 5.67 Å². The maximum Gasteiger partial charge on any atom is 0.162 e. The smallest absolute Gasteiger partial charge is 0.162 e. The minimum absolute atomic E-state index is 0.148. The third kappa shape index (κ3) is 3.22. The lowest BCUT2D eigenvalue weighted by molar-refractivity contribution is 0.220. The maximum atomic E-state index is 13.7. The van der Waals surface area contributed by atoms with Crippen LogP contribution in [-0.2, 0) is 5.67 Å². The Morgan fingerprint density at radius 1 is 1.29 bits per heavy atom. The zero-order valence-corrected chi connectivity index (χ0v) is 10.4. The minimum atomic E-state index is -1.69. The molecule has 0 saturated carbocycles. The van der Waals surface area contributed by atoms with E-state index in [1.807, 2.05) is 0 Å². The van der Waals surface area contributed by atoms with Crippen LogP contribution in [0.2, 0.25) is 0 Å². The van der Waals surface area contributed by atoms with Gasteiger partial charge in [0, 0.05) is 0 Å². The molecule has 1 aromatic rings. The predicted molar refractivity (Wildman–Crippen MR) is 62.6 cm³/mol. The lowest BCUT2D eigenvalue weighted by Crippen LogP contribution is -2.13. The molecule has 0 radical (unpaired) electrons. The van der Waals surface area contributed by atoms with Crippen molar-refractivity contribution in [1.82, 2.24) is 0 Å². The summed E-state index contributed by atoms with van der Waals surface area (Å²) < 4.78 is 40.8. The van der Waals surface area contributed by atoms with Crippen LogP contribution in [0.5, 0.6) is 0 Å². The first kappa shape index (κ1) is 14.0. The van der Waals surface area contributed by atoms with Gasteiger partial charge in [0.2, 0.25) is 0 Å². The molecule has 4 heteroatoms. The van der Waals surface area contributed by atoms with Crippen molar-refractivity contribution in [1.29, 1.82) is 0 Å². The van der Waals surface area contributed by atoms with Gasteiger partial charge < -0.3 is 5.73 Å². The Bertz CT molecular complexity index is 396. The van der Waals surface area contributed by atoms with E-state index in [4.69, 9.17) is 5.73 Å². The van der Waals surface area contributed by atoms with Crippen molar-refractivity contribution in [3.63, 3.8) is 0 Å². The van der Waals surface area contributed by atoms with Crippen LogP contribution in [0.1, 0.15) is 44.2 Å². The summed E-state index contributed by atoms with van der Waals surface area (Å²) in [5.41, 5.74) is 4.04. The van der Waals surface area contributed by atoms with E-state index in [1.54, 1.807) is 6.92 Å². The van der Waals surface area contributed by atoms with Gasteiger partial charge in [0.15, 0.2) is 11.6 Å². The van der Waals surface area contributed by atoms with Crippen molar-refractivity contribution in [2.75, 3.05) is 6.54 Å². The zero-order valence-electron chi connectivity index (χ0n) is 10.4. The van der Waals surface area contributed by atoms with Gasteiger partial charge in [-0.05, 0) is 56.0 Å². The summed E-state index contributed by atoms with van der Waals surface area (Å²) in [5.74, 6) is -2.14. The Morgan fingerprint density at radius 2 is 1.88 bits per heavy atom. The molecular formula is C13H18F3N. The molecule has 0 fully saturated rings. The molecule has 0 spiro atoms. The summed E-state index contributed by atoms with van der Waals surface area (Å²) in [6, 6.07) is 2.30. The molecule has 2 N–H and O–H groups in total. The van der Waals surface area contributed by atoms with Crippen LogP contribution in [-0.4, -0.2) is 6.54 Å². The van der Waals surface area contributed by atoms with Gasteiger partial charge in [0.25, 0.3) is 0 Å². The first-order valence-electron chi connectivity index (χ1n) is 5.65. The summed E-state index contributed by atoms with van der Waals surface area (Å²) in [6.45, 7) is 4.76. The van der Waals surface area contributed by atoms with Crippen LogP contribution >= 0.6 is 0 Å². The second-order valence-corrected chi connectivity index (χ2v) is 4.81. The van der Waals surface area contributed by atoms with E-state index >= 15 is 0 Å². The van der Waals surface area contributed by atoms with Crippen LogP contribution < -0.4 is 5.73 Å². The highest BCUT2D eigenvalue weighted by Gasteiger charge is 2.24. The highest BCUT2D eigenvalue weighted by atomic mass is 19.2. The Labute approximate surface area is 99.8 Å². The molecule has 1 aromatic carbocycles. The molecule has 0 heterocycles. The largest absolute Gasteiger partial charge is 0.330 e. The molecule has 1 atom stereocenters. The van der Waals surface area contributed by atoms with Crippen molar-refractivity contribution in [3.05, 3.63) is 34.9 Å². The number of benzene rings is 1. The quantitative estimate of drug-likeness (QED) is 0.861. The Balaban J connectivity index is 3.25. The summed E-state index contributed by atoms with van der Waals surface area (Å²) in [4.78, 5) is 0. The molecule has 1 unspecified atom stereocenters. The van der Waals surface area contributed by atoms with Crippen LogP contribution in [0.3, 0.4) is 0 Å². The summed E-state index contributed by atoms with van der Waals surface area (Å²) in [5, 5.41) is 0. The van der Waals surface area contributed by atoms with Crippen molar-refractivity contribution in [3.8, 4) is 0 Å². The lowest BCUT2D eigenvalue weighted by Gasteiger charge is -2.19. The van der Waals surface area contributed by atoms with Gasteiger partial charge >= 0.3 is 0 Å². The van der Waals surface area contributed by atoms with Crippen LogP contribution in [0.15, 0.2) is 12.1 Å². The highest BCUT2D eigenvalue weighted by Crippen LogP contribution is 2.31. The van der Waals surface area contributed by atoms with E-state index in [9.17, 15) is 13.2 Å². The van der Waals surface area contributed by atoms with Crippen molar-refractivity contribution in [2.24, 2.45) is 5.73 Å². The van der Waals surface area contributed by atoms with E-state index in [-0.39, 0.29) is 17.0 Å². The zero-order chi connectivity index (χ0) is 13.2. The number of rotatable bonds is 4. The van der Waals surface area contributed by atoms with E-state index in [2.05, 4.69) is 0 Å². The molecule has 96 valence electrons. The van der Waals surface area contributed by atoms with E-state index < -0.39 is 17.3 Å². The molecule has 0 aromatic heterocycles. The van der Waals surface area contributed by atoms with Gasteiger partial charge in [0.05, 0.1) is 0 Å². The summed E-state index contributed by atoms with van der Waals surface area (Å²) >= 11 is 0. The van der Waals surface area contributed by atoms with Gasteiger partial charge in [-0.25, -0.2) is 13.2 Å². The molecule has 1 nitrogen and oxygen atoms in total. The van der Waals surface area contributed by atoms with Gasteiger partial charge in [-0.15, -0.1) is 0 Å². The van der Waals surface area contributed by atoms with E-state index in [0.717, 1.165) is 6.07 Å². The molecule has 0 saturated heterocycles. The van der Waals surface area contributed by atoms with Crippen LogP contribution in [0.4, 0.5) is 13.2 Å². The Hall–Kier alpha value is -1.03. The van der Waals surface area contributed by atoms with Gasteiger partial charge in [-0.3, -0.25) is 0 Å². The number of hydrogen-bond acceptors (Lipinski definition) is 1. The second-order valence-electron chi connectivity index (χ2n) is 4.81.